The molecule has 2 rings (SSSR count). The summed E-state index contributed by atoms with van der Waals surface area (Å²) in [7, 11) is 0. The van der Waals surface area contributed by atoms with E-state index in [1.54, 1.807) is 6.07 Å². The topological polar surface area (TPSA) is 29.3 Å². The molecule has 0 bridgehead atoms. The van der Waals surface area contributed by atoms with Crippen LogP contribution in [0.2, 0.25) is 0 Å². The molecule has 0 atom stereocenters. The van der Waals surface area contributed by atoms with E-state index in [0.717, 1.165) is 43.7 Å². The first-order valence-corrected chi connectivity index (χ1v) is 5.92. The number of nitrogens with two attached hydrogens (primary N) is 1. The molecule has 1 aromatic carbocycles. The van der Waals surface area contributed by atoms with Crippen LogP contribution in [-0.4, -0.2) is 19.6 Å². The van der Waals surface area contributed by atoms with Crippen LogP contribution < -0.4 is 10.6 Å². The molecule has 2 nitrogen and oxygen atoms in total. The number of halogens is 1. The van der Waals surface area contributed by atoms with Crippen LogP contribution in [0.25, 0.3) is 0 Å². The first kappa shape index (κ1) is 11.4. The Morgan fingerprint density at radius 2 is 2.06 bits per heavy atom. The van der Waals surface area contributed by atoms with E-state index in [2.05, 4.69) is 4.90 Å². The molecule has 1 heterocycles. The number of benzene rings is 1. The van der Waals surface area contributed by atoms with Gasteiger partial charge in [-0.2, -0.15) is 0 Å². The minimum Gasteiger partial charge on any atom is -0.369 e. The molecular weight excluding hydrogens is 203 g/mol. The number of anilines is 1. The Bertz CT molecular complexity index is 357. The summed E-state index contributed by atoms with van der Waals surface area (Å²) in [6.45, 7) is 4.50. The third kappa shape index (κ3) is 2.35. The van der Waals surface area contributed by atoms with Gasteiger partial charge in [-0.05, 0) is 49.9 Å². The molecule has 3 heteroatoms. The average molecular weight is 222 g/mol. The van der Waals surface area contributed by atoms with Gasteiger partial charge in [0.15, 0.2) is 0 Å². The predicted octanol–water partition coefficient (Wildman–Crippen LogP) is 2.31. The molecule has 1 aromatic rings. The number of piperidine rings is 1. The van der Waals surface area contributed by atoms with Gasteiger partial charge in [0.05, 0.1) is 5.69 Å². The lowest BCUT2D eigenvalue weighted by atomic mass is 9.96. The highest BCUT2D eigenvalue weighted by Gasteiger charge is 2.20. The van der Waals surface area contributed by atoms with Crippen LogP contribution in [0.1, 0.15) is 18.4 Å². The Morgan fingerprint density at radius 3 is 2.62 bits per heavy atom. The molecule has 0 spiro atoms. The van der Waals surface area contributed by atoms with E-state index in [1.807, 2.05) is 19.1 Å². The fourth-order valence-corrected chi connectivity index (χ4v) is 2.28. The monoisotopic (exact) mass is 222 g/mol. The fraction of sp³-hybridized carbons (Fsp3) is 0.538. The lowest BCUT2D eigenvalue weighted by Gasteiger charge is -2.33. The summed E-state index contributed by atoms with van der Waals surface area (Å²) in [5.41, 5.74) is 7.35. The molecule has 1 saturated heterocycles. The number of aryl methyl sites for hydroxylation is 1. The molecule has 0 radical (unpaired) electrons. The molecular formula is C13H19FN2. The quantitative estimate of drug-likeness (QED) is 0.832. The Morgan fingerprint density at radius 1 is 1.38 bits per heavy atom. The van der Waals surface area contributed by atoms with Crippen LogP contribution >= 0.6 is 0 Å². The normalized spacial score (nSPS) is 17.8. The summed E-state index contributed by atoms with van der Waals surface area (Å²) in [6, 6.07) is 5.45. The molecule has 0 aromatic heterocycles. The summed E-state index contributed by atoms with van der Waals surface area (Å²) in [5.74, 6) is 0.510. The van der Waals surface area contributed by atoms with Gasteiger partial charge >= 0.3 is 0 Å². The zero-order valence-electron chi connectivity index (χ0n) is 9.75. The predicted molar refractivity (Wildman–Crippen MR) is 65.1 cm³/mol. The van der Waals surface area contributed by atoms with Crippen LogP contribution in [-0.2, 0) is 0 Å². The van der Waals surface area contributed by atoms with Crippen molar-refractivity contribution < 1.29 is 4.39 Å². The van der Waals surface area contributed by atoms with E-state index in [-0.39, 0.29) is 5.82 Å². The van der Waals surface area contributed by atoms with E-state index >= 15 is 0 Å². The standard InChI is InChI=1S/C13H19FN2/c1-10-2-3-13(12(14)8-10)16-6-4-11(9-15)5-7-16/h2-3,8,11H,4-7,9,15H2,1H3. The molecule has 16 heavy (non-hydrogen) atoms. The van der Waals surface area contributed by atoms with Gasteiger partial charge in [-0.1, -0.05) is 6.07 Å². The van der Waals surface area contributed by atoms with Gasteiger partial charge in [0.2, 0.25) is 0 Å². The highest BCUT2D eigenvalue weighted by atomic mass is 19.1. The third-order valence-corrected chi connectivity index (χ3v) is 3.39. The van der Waals surface area contributed by atoms with Gasteiger partial charge in [0, 0.05) is 13.1 Å². The zero-order valence-corrected chi connectivity index (χ0v) is 9.75. The molecule has 0 saturated carbocycles. The van der Waals surface area contributed by atoms with Crippen LogP contribution in [0.4, 0.5) is 10.1 Å². The van der Waals surface area contributed by atoms with E-state index < -0.39 is 0 Å². The van der Waals surface area contributed by atoms with Crippen LogP contribution in [0.15, 0.2) is 18.2 Å². The van der Waals surface area contributed by atoms with Crippen molar-refractivity contribution in [3.8, 4) is 0 Å². The van der Waals surface area contributed by atoms with Crippen molar-refractivity contribution in [2.45, 2.75) is 19.8 Å². The maximum atomic E-state index is 13.7. The second-order valence-corrected chi connectivity index (χ2v) is 4.62. The molecule has 1 aliphatic heterocycles. The van der Waals surface area contributed by atoms with Crippen LogP contribution in [0.3, 0.4) is 0 Å². The first-order valence-electron chi connectivity index (χ1n) is 5.92. The molecule has 1 fully saturated rings. The summed E-state index contributed by atoms with van der Waals surface area (Å²) in [4.78, 5) is 2.13. The molecule has 88 valence electrons. The van der Waals surface area contributed by atoms with Gasteiger partial charge in [0.1, 0.15) is 5.82 Å². The maximum Gasteiger partial charge on any atom is 0.146 e. The van der Waals surface area contributed by atoms with Gasteiger partial charge in [0.25, 0.3) is 0 Å². The molecule has 1 aliphatic rings. The zero-order chi connectivity index (χ0) is 11.5. The van der Waals surface area contributed by atoms with E-state index in [9.17, 15) is 4.39 Å². The summed E-state index contributed by atoms with van der Waals surface area (Å²) in [6.07, 6.45) is 2.15. The lowest BCUT2D eigenvalue weighted by molar-refractivity contribution is 0.411. The lowest BCUT2D eigenvalue weighted by Crippen LogP contribution is -2.36. The average Bonchev–Trinajstić information content (AvgIpc) is 2.29. The Balaban J connectivity index is 2.08. The van der Waals surface area contributed by atoms with Crippen LogP contribution in [0.5, 0.6) is 0 Å². The number of rotatable bonds is 2. The highest BCUT2D eigenvalue weighted by Crippen LogP contribution is 2.25. The van der Waals surface area contributed by atoms with Crippen molar-refractivity contribution in [2.24, 2.45) is 11.7 Å². The van der Waals surface area contributed by atoms with Crippen LogP contribution in [0, 0.1) is 18.7 Å². The van der Waals surface area contributed by atoms with Crippen molar-refractivity contribution in [2.75, 3.05) is 24.5 Å². The van der Waals surface area contributed by atoms with Gasteiger partial charge in [-0.15, -0.1) is 0 Å². The third-order valence-electron chi connectivity index (χ3n) is 3.39. The second-order valence-electron chi connectivity index (χ2n) is 4.62. The molecule has 0 unspecified atom stereocenters. The SMILES string of the molecule is Cc1ccc(N2CCC(CN)CC2)c(F)c1. The van der Waals surface area contributed by atoms with E-state index in [1.165, 1.54) is 0 Å². The fourth-order valence-electron chi connectivity index (χ4n) is 2.28. The van der Waals surface area contributed by atoms with Crippen molar-refractivity contribution in [3.63, 3.8) is 0 Å². The van der Waals surface area contributed by atoms with Crippen molar-refractivity contribution in [1.29, 1.82) is 0 Å². The summed E-state index contributed by atoms with van der Waals surface area (Å²) in [5, 5.41) is 0. The smallest absolute Gasteiger partial charge is 0.146 e. The summed E-state index contributed by atoms with van der Waals surface area (Å²) < 4.78 is 13.7. The summed E-state index contributed by atoms with van der Waals surface area (Å²) >= 11 is 0. The maximum absolute atomic E-state index is 13.7. The molecule has 0 aliphatic carbocycles. The van der Waals surface area contributed by atoms with Crippen molar-refractivity contribution in [3.05, 3.63) is 29.6 Å². The Kier molecular flexibility index (Phi) is 3.44. The Hall–Kier alpha value is -1.09. The second kappa shape index (κ2) is 4.83. The Labute approximate surface area is 96.2 Å². The number of nitrogens with zero attached hydrogens (tertiary/aromatic N) is 1. The highest BCUT2D eigenvalue weighted by molar-refractivity contribution is 5.49. The minimum absolute atomic E-state index is 0.105. The molecule has 2 N–H and O–H groups in total. The van der Waals surface area contributed by atoms with Gasteiger partial charge in [-0.3, -0.25) is 0 Å². The van der Waals surface area contributed by atoms with Crippen molar-refractivity contribution in [1.82, 2.24) is 0 Å². The van der Waals surface area contributed by atoms with E-state index in [0.29, 0.717) is 5.92 Å². The van der Waals surface area contributed by atoms with Gasteiger partial charge < -0.3 is 10.6 Å². The first-order chi connectivity index (χ1) is 7.70. The van der Waals surface area contributed by atoms with Gasteiger partial charge in [-0.25, -0.2) is 4.39 Å². The minimum atomic E-state index is -0.105. The number of hydrogen-bond donors (Lipinski definition) is 1. The number of hydrogen-bond acceptors (Lipinski definition) is 2. The largest absolute Gasteiger partial charge is 0.369 e. The van der Waals surface area contributed by atoms with Crippen molar-refractivity contribution >= 4 is 5.69 Å². The van der Waals surface area contributed by atoms with E-state index in [4.69, 9.17) is 5.73 Å². The molecule has 0 amide bonds.